The topological polar surface area (TPSA) is 58.6 Å². The van der Waals surface area contributed by atoms with Crippen LogP contribution in [0.5, 0.6) is 10.9 Å². The Balaban J connectivity index is 1.22. The molecule has 0 atom stereocenters. The fourth-order valence-electron chi connectivity index (χ4n) is 4.41. The Bertz CT molecular complexity index is 1460. The summed E-state index contributed by atoms with van der Waals surface area (Å²) in [6.07, 6.45) is -3.79. The van der Waals surface area contributed by atoms with Crippen molar-refractivity contribution < 1.29 is 22.7 Å². The van der Waals surface area contributed by atoms with Gasteiger partial charge in [-0.15, -0.1) is 0 Å². The molecule has 202 valence electrons. The molecule has 0 N–H and O–H groups in total. The summed E-state index contributed by atoms with van der Waals surface area (Å²) in [6, 6.07) is 18.8. The van der Waals surface area contributed by atoms with Crippen LogP contribution in [0.4, 0.5) is 18.9 Å². The van der Waals surface area contributed by atoms with Crippen molar-refractivity contribution in [1.82, 2.24) is 14.3 Å². The highest BCUT2D eigenvalue weighted by Crippen LogP contribution is 2.32. The smallest absolute Gasteiger partial charge is 0.416 e. The first-order valence-corrected chi connectivity index (χ1v) is 13.3. The molecule has 1 amide bonds. The third-order valence-electron chi connectivity index (χ3n) is 6.67. The van der Waals surface area contributed by atoms with Crippen LogP contribution in [0.1, 0.15) is 38.4 Å². The van der Waals surface area contributed by atoms with Crippen LogP contribution in [0.25, 0.3) is 0 Å². The van der Waals surface area contributed by atoms with Gasteiger partial charge in [0.15, 0.2) is 5.82 Å². The summed E-state index contributed by atoms with van der Waals surface area (Å²) in [7, 11) is 0. The minimum atomic E-state index is -4.39. The van der Waals surface area contributed by atoms with Gasteiger partial charge in [-0.1, -0.05) is 42.0 Å². The van der Waals surface area contributed by atoms with E-state index in [1.807, 2.05) is 24.8 Å². The van der Waals surface area contributed by atoms with Gasteiger partial charge in [0.05, 0.1) is 5.56 Å². The van der Waals surface area contributed by atoms with E-state index in [1.165, 1.54) is 11.6 Å². The van der Waals surface area contributed by atoms with Crippen molar-refractivity contribution in [3.8, 4) is 10.9 Å². The fraction of sp³-hybridized carbons (Fsp3) is 0.276. The van der Waals surface area contributed by atoms with Crippen molar-refractivity contribution in [3.63, 3.8) is 0 Å². The van der Waals surface area contributed by atoms with E-state index < -0.39 is 11.7 Å². The number of carbonyl (C=O) groups excluding carboxylic acids is 1. The monoisotopic (exact) mass is 552 g/mol. The molecule has 0 unspecified atom stereocenters. The standard InChI is InChI=1S/C29H27F3N4O2S/c1-19-6-9-21(10-7-19)16-26-33-28(39-34-26)38-25-17-22(11-8-20(25)2)27(37)36-14-12-35(13-15-36)24-5-3-4-23(18-24)29(30,31)32/h3-11,17-18H,12-16H2,1-2H3. The highest BCUT2D eigenvalue weighted by molar-refractivity contribution is 7.07. The Morgan fingerprint density at radius 1 is 0.974 bits per heavy atom. The molecule has 2 heterocycles. The fourth-order valence-corrected chi connectivity index (χ4v) is 4.97. The lowest BCUT2D eigenvalue weighted by Crippen LogP contribution is -2.48. The normalized spacial score (nSPS) is 14.0. The van der Waals surface area contributed by atoms with E-state index in [-0.39, 0.29) is 5.91 Å². The second-order valence-corrected chi connectivity index (χ2v) is 10.3. The van der Waals surface area contributed by atoms with E-state index in [2.05, 4.69) is 33.6 Å². The summed E-state index contributed by atoms with van der Waals surface area (Å²) in [6.45, 7) is 5.62. The Morgan fingerprint density at radius 3 is 2.44 bits per heavy atom. The average Bonchev–Trinajstić information content (AvgIpc) is 3.37. The maximum absolute atomic E-state index is 13.3. The number of benzene rings is 3. The third kappa shape index (κ3) is 6.39. The molecule has 1 fully saturated rings. The number of halogens is 3. The Kier molecular flexibility index (Phi) is 7.56. The van der Waals surface area contributed by atoms with Gasteiger partial charge < -0.3 is 14.5 Å². The molecule has 3 aromatic carbocycles. The SMILES string of the molecule is Cc1ccc(Cc2nsc(Oc3cc(C(=O)N4CCN(c5cccc(C(F)(F)F)c5)CC4)ccc3C)n2)cc1. The maximum Gasteiger partial charge on any atom is 0.416 e. The number of nitrogens with zero attached hydrogens (tertiary/aromatic N) is 4. The zero-order valence-electron chi connectivity index (χ0n) is 21.5. The van der Waals surface area contributed by atoms with Crippen LogP contribution >= 0.6 is 11.5 Å². The van der Waals surface area contributed by atoms with E-state index in [0.717, 1.165) is 34.8 Å². The molecular weight excluding hydrogens is 525 g/mol. The van der Waals surface area contributed by atoms with Crippen LogP contribution in [-0.2, 0) is 12.6 Å². The molecule has 1 saturated heterocycles. The van der Waals surface area contributed by atoms with Crippen LogP contribution in [0.15, 0.2) is 66.7 Å². The summed E-state index contributed by atoms with van der Waals surface area (Å²) in [5.74, 6) is 1.05. The number of aryl methyl sites for hydroxylation is 2. The van der Waals surface area contributed by atoms with E-state index in [9.17, 15) is 18.0 Å². The summed E-state index contributed by atoms with van der Waals surface area (Å²) in [4.78, 5) is 21.3. The lowest BCUT2D eigenvalue weighted by Gasteiger charge is -2.36. The predicted octanol–water partition coefficient (Wildman–Crippen LogP) is 6.52. The highest BCUT2D eigenvalue weighted by Gasteiger charge is 2.31. The van der Waals surface area contributed by atoms with Gasteiger partial charge in [-0.3, -0.25) is 4.79 Å². The Morgan fingerprint density at radius 2 is 1.72 bits per heavy atom. The molecule has 0 aliphatic carbocycles. The molecule has 0 saturated carbocycles. The quantitative estimate of drug-likeness (QED) is 0.273. The molecule has 0 bridgehead atoms. The molecule has 39 heavy (non-hydrogen) atoms. The molecule has 1 aliphatic heterocycles. The molecule has 10 heteroatoms. The number of carbonyl (C=O) groups is 1. The van der Waals surface area contributed by atoms with Gasteiger partial charge in [0.2, 0.25) is 0 Å². The molecule has 5 rings (SSSR count). The first-order valence-electron chi connectivity index (χ1n) is 12.5. The van der Waals surface area contributed by atoms with Gasteiger partial charge in [-0.25, -0.2) is 0 Å². The first-order chi connectivity index (χ1) is 18.7. The predicted molar refractivity (Wildman–Crippen MR) is 145 cm³/mol. The van der Waals surface area contributed by atoms with Gasteiger partial charge in [0.1, 0.15) is 5.75 Å². The number of alkyl halides is 3. The lowest BCUT2D eigenvalue weighted by atomic mass is 10.1. The van der Waals surface area contributed by atoms with E-state index in [4.69, 9.17) is 4.74 Å². The van der Waals surface area contributed by atoms with E-state index in [1.54, 1.807) is 23.1 Å². The largest absolute Gasteiger partial charge is 0.430 e. The van der Waals surface area contributed by atoms with Crippen molar-refractivity contribution >= 4 is 23.1 Å². The molecule has 0 radical (unpaired) electrons. The van der Waals surface area contributed by atoms with Gasteiger partial charge in [-0.2, -0.15) is 22.5 Å². The van der Waals surface area contributed by atoms with Crippen molar-refractivity contribution in [2.75, 3.05) is 31.1 Å². The third-order valence-corrected chi connectivity index (χ3v) is 7.30. The minimum Gasteiger partial charge on any atom is -0.430 e. The number of ether oxygens (including phenoxy) is 1. The summed E-state index contributed by atoms with van der Waals surface area (Å²) in [5.41, 5.74) is 3.47. The number of hydrogen-bond donors (Lipinski definition) is 0. The maximum atomic E-state index is 13.3. The summed E-state index contributed by atoms with van der Waals surface area (Å²) < 4.78 is 49.7. The van der Waals surface area contributed by atoms with Crippen LogP contribution < -0.4 is 9.64 Å². The second-order valence-electron chi connectivity index (χ2n) is 9.55. The van der Waals surface area contributed by atoms with Crippen molar-refractivity contribution in [2.24, 2.45) is 0 Å². The minimum absolute atomic E-state index is 0.152. The second kappa shape index (κ2) is 11.1. The van der Waals surface area contributed by atoms with Crippen LogP contribution in [-0.4, -0.2) is 46.3 Å². The molecular formula is C29H27F3N4O2S. The Labute approximate surface area is 228 Å². The highest BCUT2D eigenvalue weighted by atomic mass is 32.1. The van der Waals surface area contributed by atoms with Gasteiger partial charge in [0.25, 0.3) is 11.1 Å². The molecule has 1 aliphatic rings. The van der Waals surface area contributed by atoms with Crippen LogP contribution in [0.3, 0.4) is 0 Å². The summed E-state index contributed by atoms with van der Waals surface area (Å²) in [5, 5.41) is 0.402. The number of anilines is 1. The first kappa shape index (κ1) is 26.7. The van der Waals surface area contributed by atoms with Crippen molar-refractivity contribution in [1.29, 1.82) is 0 Å². The molecule has 0 spiro atoms. The van der Waals surface area contributed by atoms with Crippen LogP contribution in [0, 0.1) is 13.8 Å². The van der Waals surface area contributed by atoms with Gasteiger partial charge >= 0.3 is 6.18 Å². The zero-order valence-corrected chi connectivity index (χ0v) is 22.4. The van der Waals surface area contributed by atoms with Crippen LogP contribution in [0.2, 0.25) is 0 Å². The number of amides is 1. The van der Waals surface area contributed by atoms with Gasteiger partial charge in [0, 0.05) is 55.4 Å². The zero-order chi connectivity index (χ0) is 27.6. The lowest BCUT2D eigenvalue weighted by molar-refractivity contribution is -0.137. The van der Waals surface area contributed by atoms with E-state index >= 15 is 0 Å². The number of rotatable bonds is 6. The molecule has 6 nitrogen and oxygen atoms in total. The number of hydrogen-bond acceptors (Lipinski definition) is 6. The van der Waals surface area contributed by atoms with Gasteiger partial charge in [-0.05, 0) is 55.3 Å². The summed E-state index contributed by atoms with van der Waals surface area (Å²) >= 11 is 1.16. The molecule has 4 aromatic rings. The number of piperazine rings is 1. The van der Waals surface area contributed by atoms with Crippen molar-refractivity contribution in [2.45, 2.75) is 26.4 Å². The average molecular weight is 553 g/mol. The van der Waals surface area contributed by atoms with E-state index in [0.29, 0.717) is 60.6 Å². The van der Waals surface area contributed by atoms with Crippen molar-refractivity contribution in [3.05, 3.63) is 100 Å². The number of aromatic nitrogens is 2. The Hall–Kier alpha value is -3.92. The molecule has 1 aromatic heterocycles.